The molecule has 2 rings (SSSR count). The van der Waals surface area contributed by atoms with Crippen molar-refractivity contribution in [3.8, 4) is 0 Å². The van der Waals surface area contributed by atoms with E-state index in [1.165, 1.54) is 0 Å². The topological polar surface area (TPSA) is 49.8 Å². The van der Waals surface area contributed by atoms with Crippen molar-refractivity contribution in [2.75, 3.05) is 6.54 Å². The van der Waals surface area contributed by atoms with Gasteiger partial charge in [0.1, 0.15) is 5.60 Å². The molecule has 1 amide bonds. The standard InChI is InChI=1S/C12H18F3NO3/c1-10(2,3)19-9(17)16-6-7-4-8(16)11(18,5-7)12(13,14)15/h7-8,18H,4-6H2,1-3H3/t7-,8-,11+/m1/s1. The molecule has 2 bridgehead atoms. The Morgan fingerprint density at radius 3 is 2.37 bits per heavy atom. The van der Waals surface area contributed by atoms with Gasteiger partial charge in [0, 0.05) is 6.54 Å². The van der Waals surface area contributed by atoms with Gasteiger partial charge in [-0.05, 0) is 39.5 Å². The van der Waals surface area contributed by atoms with E-state index in [1.54, 1.807) is 20.8 Å². The van der Waals surface area contributed by atoms with Crippen LogP contribution in [0.25, 0.3) is 0 Å². The summed E-state index contributed by atoms with van der Waals surface area (Å²) < 4.78 is 43.9. The average Bonchev–Trinajstić information content (AvgIpc) is 2.70. The highest BCUT2D eigenvalue weighted by molar-refractivity contribution is 5.69. The molecule has 0 spiro atoms. The number of carbonyl (C=O) groups is 1. The zero-order chi connectivity index (χ0) is 14.6. The van der Waals surface area contributed by atoms with E-state index in [-0.39, 0.29) is 25.3 Å². The molecule has 3 atom stereocenters. The number of rotatable bonds is 0. The van der Waals surface area contributed by atoms with Gasteiger partial charge in [-0.1, -0.05) is 0 Å². The second-order valence-electron chi connectivity index (χ2n) is 6.38. The first-order chi connectivity index (χ1) is 8.44. The highest BCUT2D eigenvalue weighted by Gasteiger charge is 2.68. The number of hydrogen-bond acceptors (Lipinski definition) is 3. The predicted molar refractivity (Wildman–Crippen MR) is 60.5 cm³/mol. The molecule has 1 heterocycles. The zero-order valence-corrected chi connectivity index (χ0v) is 11.1. The smallest absolute Gasteiger partial charge is 0.419 e. The van der Waals surface area contributed by atoms with E-state index in [0.29, 0.717) is 0 Å². The summed E-state index contributed by atoms with van der Waals surface area (Å²) >= 11 is 0. The second kappa shape index (κ2) is 4.01. The summed E-state index contributed by atoms with van der Waals surface area (Å²) in [5.41, 5.74) is -3.57. The Balaban J connectivity index is 2.17. The molecule has 0 aromatic heterocycles. The Hall–Kier alpha value is -0.980. The zero-order valence-electron chi connectivity index (χ0n) is 11.1. The van der Waals surface area contributed by atoms with Gasteiger partial charge in [0.25, 0.3) is 0 Å². The van der Waals surface area contributed by atoms with E-state index in [4.69, 9.17) is 4.74 Å². The van der Waals surface area contributed by atoms with Crippen molar-refractivity contribution in [2.45, 2.75) is 57.0 Å². The predicted octanol–water partition coefficient (Wildman–Crippen LogP) is 2.31. The Morgan fingerprint density at radius 1 is 1.37 bits per heavy atom. The van der Waals surface area contributed by atoms with Crippen molar-refractivity contribution in [3.05, 3.63) is 0 Å². The van der Waals surface area contributed by atoms with E-state index >= 15 is 0 Å². The number of amides is 1. The van der Waals surface area contributed by atoms with Crippen LogP contribution in [0.15, 0.2) is 0 Å². The number of likely N-dealkylation sites (tertiary alicyclic amines) is 1. The third-order valence-electron chi connectivity index (χ3n) is 3.66. The molecule has 1 N–H and O–H groups in total. The summed E-state index contributed by atoms with van der Waals surface area (Å²) in [5, 5.41) is 9.86. The van der Waals surface area contributed by atoms with E-state index in [1.807, 2.05) is 0 Å². The minimum Gasteiger partial charge on any atom is -0.444 e. The lowest BCUT2D eigenvalue weighted by molar-refractivity contribution is -0.277. The minimum atomic E-state index is -4.73. The molecule has 1 aliphatic carbocycles. The van der Waals surface area contributed by atoms with Crippen LogP contribution in [-0.2, 0) is 4.74 Å². The molecular weight excluding hydrogens is 263 g/mol. The van der Waals surface area contributed by atoms with Crippen molar-refractivity contribution >= 4 is 6.09 Å². The lowest BCUT2D eigenvalue weighted by Crippen LogP contribution is -2.60. The van der Waals surface area contributed by atoms with Crippen LogP contribution >= 0.6 is 0 Å². The van der Waals surface area contributed by atoms with Gasteiger partial charge in [-0.2, -0.15) is 13.2 Å². The van der Waals surface area contributed by atoms with E-state index in [2.05, 4.69) is 0 Å². The lowest BCUT2D eigenvalue weighted by atomic mass is 9.92. The summed E-state index contributed by atoms with van der Waals surface area (Å²) in [6.45, 7) is 5.16. The number of carbonyl (C=O) groups excluding carboxylic acids is 1. The number of piperidine rings is 1. The number of fused-ring (bicyclic) bond motifs is 2. The number of alkyl halides is 3. The van der Waals surface area contributed by atoms with Crippen LogP contribution < -0.4 is 0 Å². The highest BCUT2D eigenvalue weighted by Crippen LogP contribution is 2.52. The maximum absolute atomic E-state index is 12.9. The Labute approximate surface area is 109 Å². The first-order valence-electron chi connectivity index (χ1n) is 6.23. The summed E-state index contributed by atoms with van der Waals surface area (Å²) in [5.74, 6) is -0.316. The van der Waals surface area contributed by atoms with E-state index in [0.717, 1.165) is 4.90 Å². The van der Waals surface area contributed by atoms with Crippen molar-refractivity contribution in [1.82, 2.24) is 4.90 Å². The quantitative estimate of drug-likeness (QED) is 0.741. The number of halogens is 3. The first kappa shape index (κ1) is 14.4. The Kier molecular flexibility index (Phi) is 3.04. The average molecular weight is 281 g/mol. The molecule has 7 heteroatoms. The lowest BCUT2D eigenvalue weighted by Gasteiger charge is -2.40. The second-order valence-corrected chi connectivity index (χ2v) is 6.38. The van der Waals surface area contributed by atoms with Gasteiger partial charge in [-0.3, -0.25) is 0 Å². The molecule has 4 nitrogen and oxygen atoms in total. The molecule has 2 aliphatic rings. The van der Waals surface area contributed by atoms with Gasteiger partial charge >= 0.3 is 12.3 Å². The van der Waals surface area contributed by atoms with Crippen LogP contribution in [0.3, 0.4) is 0 Å². The number of nitrogens with zero attached hydrogens (tertiary/aromatic N) is 1. The van der Waals surface area contributed by atoms with Crippen molar-refractivity contribution in [3.63, 3.8) is 0 Å². The molecular formula is C12H18F3NO3. The normalized spacial score (nSPS) is 34.8. The maximum Gasteiger partial charge on any atom is 0.419 e. The van der Waals surface area contributed by atoms with Crippen molar-refractivity contribution in [2.24, 2.45) is 5.92 Å². The molecule has 1 saturated carbocycles. The van der Waals surface area contributed by atoms with Crippen LogP contribution in [0.1, 0.15) is 33.6 Å². The van der Waals surface area contributed by atoms with Crippen molar-refractivity contribution in [1.29, 1.82) is 0 Å². The summed E-state index contributed by atoms with van der Waals surface area (Å²) in [6, 6.07) is -1.23. The molecule has 1 saturated heterocycles. The summed E-state index contributed by atoms with van der Waals surface area (Å²) in [6.07, 6.45) is -5.68. The van der Waals surface area contributed by atoms with Gasteiger partial charge in [0.05, 0.1) is 6.04 Å². The summed E-state index contributed by atoms with van der Waals surface area (Å²) in [7, 11) is 0. The molecule has 0 unspecified atom stereocenters. The number of aliphatic hydroxyl groups is 1. The van der Waals surface area contributed by atoms with Gasteiger partial charge in [0.2, 0.25) is 0 Å². The molecule has 0 radical (unpaired) electrons. The Bertz CT molecular complexity index is 391. The first-order valence-corrected chi connectivity index (χ1v) is 6.23. The van der Waals surface area contributed by atoms with Crippen LogP contribution in [0, 0.1) is 5.92 Å². The SMILES string of the molecule is CC(C)(C)OC(=O)N1C[C@@H]2C[C@@H]1[C@](O)(C(F)(F)F)C2. The van der Waals surface area contributed by atoms with Gasteiger partial charge in [-0.15, -0.1) is 0 Å². The summed E-state index contributed by atoms with van der Waals surface area (Å²) in [4.78, 5) is 12.9. The molecule has 2 fully saturated rings. The number of hydrogen-bond donors (Lipinski definition) is 1. The Morgan fingerprint density at radius 2 is 1.95 bits per heavy atom. The fourth-order valence-corrected chi connectivity index (χ4v) is 2.93. The van der Waals surface area contributed by atoms with Crippen LogP contribution in [0.5, 0.6) is 0 Å². The van der Waals surface area contributed by atoms with Crippen LogP contribution in [0.4, 0.5) is 18.0 Å². The van der Waals surface area contributed by atoms with Gasteiger partial charge < -0.3 is 14.7 Å². The third kappa shape index (κ3) is 2.40. The molecule has 0 aromatic rings. The van der Waals surface area contributed by atoms with Gasteiger partial charge in [-0.25, -0.2) is 4.79 Å². The van der Waals surface area contributed by atoms with E-state index in [9.17, 15) is 23.1 Å². The van der Waals surface area contributed by atoms with E-state index < -0.39 is 29.5 Å². The van der Waals surface area contributed by atoms with Crippen LogP contribution in [-0.4, -0.2) is 46.1 Å². The van der Waals surface area contributed by atoms with Gasteiger partial charge in [0.15, 0.2) is 5.60 Å². The monoisotopic (exact) mass is 281 g/mol. The molecule has 1 aliphatic heterocycles. The third-order valence-corrected chi connectivity index (χ3v) is 3.66. The minimum absolute atomic E-state index is 0.176. The largest absolute Gasteiger partial charge is 0.444 e. The van der Waals surface area contributed by atoms with Crippen LogP contribution in [0.2, 0.25) is 0 Å². The number of ether oxygens (including phenoxy) is 1. The fraction of sp³-hybridized carbons (Fsp3) is 0.917. The van der Waals surface area contributed by atoms with Crippen molar-refractivity contribution < 1.29 is 27.8 Å². The fourth-order valence-electron chi connectivity index (χ4n) is 2.93. The molecule has 110 valence electrons. The molecule has 19 heavy (non-hydrogen) atoms. The molecule has 0 aromatic carbocycles. The highest BCUT2D eigenvalue weighted by atomic mass is 19.4. The maximum atomic E-state index is 12.9.